The van der Waals surface area contributed by atoms with Crippen molar-refractivity contribution in [2.75, 3.05) is 0 Å². The van der Waals surface area contributed by atoms with Crippen LogP contribution in [0.1, 0.15) is 0 Å². The summed E-state index contributed by atoms with van der Waals surface area (Å²) in [6, 6.07) is 51.8. The molecule has 6 aromatic carbocycles. The monoisotopic (exact) mass is 483 g/mol. The first-order valence-corrected chi connectivity index (χ1v) is 13.0. The van der Waals surface area contributed by atoms with Crippen molar-refractivity contribution in [1.29, 1.82) is 0 Å². The van der Waals surface area contributed by atoms with E-state index in [-0.39, 0.29) is 0 Å². The van der Waals surface area contributed by atoms with Crippen LogP contribution in [0, 0.1) is 0 Å². The van der Waals surface area contributed by atoms with Crippen LogP contribution in [0.5, 0.6) is 0 Å². The van der Waals surface area contributed by atoms with E-state index in [4.69, 9.17) is 4.98 Å². The van der Waals surface area contributed by atoms with Gasteiger partial charge in [0, 0.05) is 17.3 Å². The molecule has 178 valence electrons. The highest BCUT2D eigenvalue weighted by Gasteiger charge is 2.17. The van der Waals surface area contributed by atoms with Crippen molar-refractivity contribution >= 4 is 21.5 Å². The number of hydrogen-bond donors (Lipinski definition) is 0. The molecule has 0 bridgehead atoms. The highest BCUT2D eigenvalue weighted by atomic mass is 14.7. The maximum Gasteiger partial charge on any atom is 0.0702 e. The number of hydrogen-bond acceptors (Lipinski definition) is 1. The van der Waals surface area contributed by atoms with Gasteiger partial charge in [-0.25, -0.2) is 0 Å². The van der Waals surface area contributed by atoms with Crippen molar-refractivity contribution in [2.45, 2.75) is 0 Å². The lowest BCUT2D eigenvalue weighted by Crippen LogP contribution is -1.92. The summed E-state index contributed by atoms with van der Waals surface area (Å²) in [6.45, 7) is 0. The van der Waals surface area contributed by atoms with Crippen LogP contribution in [-0.4, -0.2) is 4.98 Å². The number of nitrogens with zero attached hydrogens (tertiary/aromatic N) is 1. The van der Waals surface area contributed by atoms with Crippen molar-refractivity contribution in [1.82, 2.24) is 4.98 Å². The van der Waals surface area contributed by atoms with E-state index in [0.29, 0.717) is 0 Å². The third-order valence-corrected chi connectivity index (χ3v) is 7.32. The summed E-state index contributed by atoms with van der Waals surface area (Å²) in [7, 11) is 0. The summed E-state index contributed by atoms with van der Waals surface area (Å²) in [6.07, 6.45) is 1.97. The summed E-state index contributed by atoms with van der Waals surface area (Å²) in [5.41, 5.74) is 9.37. The predicted octanol–water partition coefficient (Wildman–Crippen LogP) is 10.1. The van der Waals surface area contributed by atoms with Crippen LogP contribution in [0.3, 0.4) is 0 Å². The van der Waals surface area contributed by atoms with E-state index in [1.54, 1.807) is 0 Å². The van der Waals surface area contributed by atoms with E-state index in [2.05, 4.69) is 140 Å². The lowest BCUT2D eigenvalue weighted by atomic mass is 9.85. The highest BCUT2D eigenvalue weighted by molar-refractivity contribution is 6.21. The largest absolute Gasteiger partial charge is 0.256 e. The van der Waals surface area contributed by atoms with Crippen molar-refractivity contribution in [3.05, 3.63) is 152 Å². The van der Waals surface area contributed by atoms with Gasteiger partial charge in [-0.3, -0.25) is 4.98 Å². The lowest BCUT2D eigenvalue weighted by Gasteiger charge is -2.18. The molecule has 1 heterocycles. The van der Waals surface area contributed by atoms with E-state index < -0.39 is 0 Å². The third kappa shape index (κ3) is 3.86. The zero-order chi connectivity index (χ0) is 25.3. The Morgan fingerprint density at radius 2 is 0.789 bits per heavy atom. The molecule has 0 unspecified atom stereocenters. The molecule has 0 spiro atoms. The van der Waals surface area contributed by atoms with Gasteiger partial charge in [0.15, 0.2) is 0 Å². The number of aromatic nitrogens is 1. The van der Waals surface area contributed by atoms with Crippen molar-refractivity contribution in [2.24, 2.45) is 0 Å². The molecule has 0 saturated carbocycles. The van der Waals surface area contributed by atoms with Crippen LogP contribution in [0.4, 0.5) is 0 Å². The Balaban J connectivity index is 1.50. The Morgan fingerprint density at radius 1 is 0.316 bits per heavy atom. The normalized spacial score (nSPS) is 11.2. The van der Waals surface area contributed by atoms with Crippen LogP contribution in [0.2, 0.25) is 0 Å². The van der Waals surface area contributed by atoms with Gasteiger partial charge >= 0.3 is 0 Å². The fraction of sp³-hybridized carbons (Fsp3) is 0. The average Bonchev–Trinajstić information content (AvgIpc) is 3.01. The minimum absolute atomic E-state index is 0.972. The van der Waals surface area contributed by atoms with Crippen molar-refractivity contribution in [3.63, 3.8) is 0 Å². The highest BCUT2D eigenvalue weighted by Crippen LogP contribution is 2.44. The topological polar surface area (TPSA) is 12.9 Å². The molecule has 1 heteroatoms. The molecule has 38 heavy (non-hydrogen) atoms. The second kappa shape index (κ2) is 9.46. The molecule has 7 aromatic rings. The molecule has 0 radical (unpaired) electrons. The van der Waals surface area contributed by atoms with Gasteiger partial charge in [-0.15, -0.1) is 0 Å². The van der Waals surface area contributed by atoms with Gasteiger partial charge in [-0.1, -0.05) is 133 Å². The fourth-order valence-corrected chi connectivity index (χ4v) is 5.54. The molecule has 0 aliphatic heterocycles. The van der Waals surface area contributed by atoms with Crippen LogP contribution in [0.15, 0.2) is 152 Å². The van der Waals surface area contributed by atoms with Crippen molar-refractivity contribution < 1.29 is 0 Å². The molecule has 0 aliphatic rings. The summed E-state index contributed by atoms with van der Waals surface area (Å²) in [5.74, 6) is 0. The molecule has 1 aromatic heterocycles. The first-order chi connectivity index (χ1) is 18.9. The van der Waals surface area contributed by atoms with Gasteiger partial charge in [0.05, 0.1) is 5.69 Å². The summed E-state index contributed by atoms with van der Waals surface area (Å²) in [4.78, 5) is 4.88. The second-order valence-electron chi connectivity index (χ2n) is 9.59. The van der Waals surface area contributed by atoms with Gasteiger partial charge in [0.2, 0.25) is 0 Å². The smallest absolute Gasteiger partial charge is 0.0702 e. The molecule has 0 saturated heterocycles. The zero-order valence-electron chi connectivity index (χ0n) is 20.9. The van der Waals surface area contributed by atoms with Gasteiger partial charge in [0.25, 0.3) is 0 Å². The van der Waals surface area contributed by atoms with E-state index >= 15 is 0 Å². The molecule has 0 atom stereocenters. The maximum absolute atomic E-state index is 4.88. The Hall–Kier alpha value is -5.01. The van der Waals surface area contributed by atoms with E-state index in [9.17, 15) is 0 Å². The standard InChI is InChI=1S/C37H25N/c1-4-12-26(13-5-1)30-21-23-35(38-25-30)29-20-22-33-34(24-29)37(28-16-8-3-9-17-28)32-19-11-10-18-31(32)36(33)27-14-6-2-7-15-27/h1-25H. The SMILES string of the molecule is c1ccc(-c2ccc(-c3ccc4c(-c5ccccc5)c5ccccc5c(-c5ccccc5)c4c3)nc2)cc1. The molecular formula is C37H25N. The van der Waals surface area contributed by atoms with Crippen molar-refractivity contribution in [3.8, 4) is 44.6 Å². The van der Waals surface area contributed by atoms with Gasteiger partial charge in [0.1, 0.15) is 0 Å². The minimum Gasteiger partial charge on any atom is -0.256 e. The van der Waals surface area contributed by atoms with Gasteiger partial charge in [-0.05, 0) is 61.5 Å². The van der Waals surface area contributed by atoms with Crippen LogP contribution in [-0.2, 0) is 0 Å². The molecule has 7 rings (SSSR count). The number of pyridine rings is 1. The first-order valence-electron chi connectivity index (χ1n) is 13.0. The third-order valence-electron chi connectivity index (χ3n) is 7.32. The Labute approximate surface area is 222 Å². The molecule has 0 N–H and O–H groups in total. The quantitative estimate of drug-likeness (QED) is 0.227. The number of rotatable bonds is 4. The second-order valence-corrected chi connectivity index (χ2v) is 9.59. The molecule has 0 fully saturated rings. The lowest BCUT2D eigenvalue weighted by molar-refractivity contribution is 1.33. The number of benzene rings is 6. The zero-order valence-corrected chi connectivity index (χ0v) is 20.9. The van der Waals surface area contributed by atoms with E-state index in [0.717, 1.165) is 16.8 Å². The summed E-state index contributed by atoms with van der Waals surface area (Å²) in [5, 5.41) is 5.01. The molecular weight excluding hydrogens is 458 g/mol. The van der Waals surface area contributed by atoms with Crippen LogP contribution < -0.4 is 0 Å². The van der Waals surface area contributed by atoms with Gasteiger partial charge in [-0.2, -0.15) is 0 Å². The fourth-order valence-electron chi connectivity index (χ4n) is 5.54. The predicted molar refractivity (Wildman–Crippen MR) is 161 cm³/mol. The van der Waals surface area contributed by atoms with Gasteiger partial charge < -0.3 is 0 Å². The van der Waals surface area contributed by atoms with Crippen LogP contribution >= 0.6 is 0 Å². The Morgan fingerprint density at radius 3 is 1.34 bits per heavy atom. The minimum atomic E-state index is 0.972. The molecule has 1 nitrogen and oxygen atoms in total. The Kier molecular flexibility index (Phi) is 5.53. The first kappa shape index (κ1) is 22.2. The number of fused-ring (bicyclic) bond motifs is 2. The molecule has 0 aliphatic carbocycles. The summed E-state index contributed by atoms with van der Waals surface area (Å²) < 4.78 is 0. The summed E-state index contributed by atoms with van der Waals surface area (Å²) >= 11 is 0. The average molecular weight is 484 g/mol. The van der Waals surface area contributed by atoms with Crippen LogP contribution in [0.25, 0.3) is 66.2 Å². The van der Waals surface area contributed by atoms with E-state index in [1.807, 2.05) is 12.3 Å². The van der Waals surface area contributed by atoms with E-state index in [1.165, 1.54) is 49.4 Å². The Bertz CT molecular complexity index is 1870. The molecule has 0 amide bonds. The maximum atomic E-state index is 4.88.